The number of nitrogens with one attached hydrogen (secondary N) is 1. The Balaban J connectivity index is 1.77. The lowest BCUT2D eigenvalue weighted by atomic mass is 9.91. The topological polar surface area (TPSA) is 38.3 Å². The molecule has 2 rings (SSSR count). The number of amides is 1. The molecule has 92 valence electrons. The molecule has 1 aromatic rings. The zero-order valence-electron chi connectivity index (χ0n) is 9.97. The number of hydrogen-bond acceptors (Lipinski definition) is 2. The van der Waals surface area contributed by atoms with Crippen molar-refractivity contribution in [1.82, 2.24) is 5.32 Å². The maximum atomic E-state index is 10.4. The number of carbonyl (C=O) groups excluding carboxylic acids is 1. The fourth-order valence-corrected chi connectivity index (χ4v) is 2.34. The van der Waals surface area contributed by atoms with Crippen LogP contribution in [-0.2, 0) is 16.0 Å². The van der Waals surface area contributed by atoms with E-state index in [1.54, 1.807) is 0 Å². The van der Waals surface area contributed by atoms with Gasteiger partial charge in [0.2, 0.25) is 6.41 Å². The smallest absolute Gasteiger partial charge is 0.209 e. The third-order valence-electron chi connectivity index (χ3n) is 3.33. The van der Waals surface area contributed by atoms with E-state index in [2.05, 4.69) is 29.6 Å². The van der Waals surface area contributed by atoms with E-state index in [0.29, 0.717) is 5.92 Å². The fourth-order valence-electron chi connectivity index (χ4n) is 2.34. The Kier molecular flexibility index (Phi) is 4.56. The van der Waals surface area contributed by atoms with E-state index in [4.69, 9.17) is 4.74 Å². The van der Waals surface area contributed by atoms with Crippen LogP contribution < -0.4 is 5.32 Å². The summed E-state index contributed by atoms with van der Waals surface area (Å²) in [5, 5.41) is 2.71. The van der Waals surface area contributed by atoms with Crippen LogP contribution in [-0.4, -0.2) is 19.2 Å². The maximum absolute atomic E-state index is 10.4. The zero-order chi connectivity index (χ0) is 11.9. The first-order valence-corrected chi connectivity index (χ1v) is 6.23. The molecule has 0 aliphatic carbocycles. The van der Waals surface area contributed by atoms with Crippen LogP contribution in [0.3, 0.4) is 0 Å². The average molecular weight is 233 g/mol. The van der Waals surface area contributed by atoms with Crippen LogP contribution in [0.1, 0.15) is 24.8 Å². The normalized spacial score (nSPS) is 24.2. The van der Waals surface area contributed by atoms with Crippen molar-refractivity contribution in [2.45, 2.75) is 31.9 Å². The molecule has 0 aromatic heterocycles. The van der Waals surface area contributed by atoms with Gasteiger partial charge in [-0.1, -0.05) is 30.3 Å². The molecule has 0 spiro atoms. The highest BCUT2D eigenvalue weighted by molar-refractivity contribution is 5.46. The largest absolute Gasteiger partial charge is 0.359 e. The monoisotopic (exact) mass is 233 g/mol. The van der Waals surface area contributed by atoms with Crippen molar-refractivity contribution in [1.29, 1.82) is 0 Å². The molecule has 1 aliphatic rings. The van der Waals surface area contributed by atoms with Crippen LogP contribution in [0.5, 0.6) is 0 Å². The summed E-state index contributed by atoms with van der Waals surface area (Å²) < 4.78 is 5.46. The maximum Gasteiger partial charge on any atom is 0.209 e. The van der Waals surface area contributed by atoms with Crippen molar-refractivity contribution in [3.05, 3.63) is 35.9 Å². The van der Waals surface area contributed by atoms with Crippen LogP contribution in [0.4, 0.5) is 0 Å². The Morgan fingerprint density at radius 3 is 2.94 bits per heavy atom. The highest BCUT2D eigenvalue weighted by Gasteiger charge is 2.21. The summed E-state index contributed by atoms with van der Waals surface area (Å²) >= 11 is 0. The Hall–Kier alpha value is -1.35. The molecule has 2 unspecified atom stereocenters. The van der Waals surface area contributed by atoms with Gasteiger partial charge in [-0.25, -0.2) is 0 Å². The summed E-state index contributed by atoms with van der Waals surface area (Å²) in [4.78, 5) is 10.4. The Labute approximate surface area is 102 Å². The summed E-state index contributed by atoms with van der Waals surface area (Å²) in [5.74, 6) is 0.654. The van der Waals surface area contributed by atoms with Gasteiger partial charge in [-0.2, -0.15) is 0 Å². The molecule has 1 saturated heterocycles. The van der Waals surface area contributed by atoms with Crippen LogP contribution in [0.15, 0.2) is 30.3 Å². The van der Waals surface area contributed by atoms with Gasteiger partial charge in [0, 0.05) is 6.61 Å². The molecule has 0 saturated carbocycles. The number of carbonyl (C=O) groups is 1. The van der Waals surface area contributed by atoms with Crippen molar-refractivity contribution in [2.24, 2.45) is 5.92 Å². The van der Waals surface area contributed by atoms with Crippen LogP contribution in [0, 0.1) is 5.92 Å². The van der Waals surface area contributed by atoms with E-state index in [0.717, 1.165) is 32.3 Å². The first-order valence-electron chi connectivity index (χ1n) is 6.23. The standard InChI is InChI=1S/C14H19NO2/c16-11-15-14-10-13(8-9-17-14)7-6-12-4-2-1-3-5-12/h1-5,11,13-14H,6-10H2,(H,15,16). The number of aryl methyl sites for hydroxylation is 1. The Bertz CT molecular complexity index is 339. The number of ether oxygens (including phenoxy) is 1. The molecule has 3 heteroatoms. The molecule has 1 aromatic carbocycles. The van der Waals surface area contributed by atoms with Gasteiger partial charge in [0.1, 0.15) is 6.23 Å². The van der Waals surface area contributed by atoms with Crippen LogP contribution in [0.2, 0.25) is 0 Å². The van der Waals surface area contributed by atoms with E-state index in [1.165, 1.54) is 12.0 Å². The SMILES string of the molecule is O=CNC1CC(CCc2ccccc2)CCO1. The molecule has 2 atom stereocenters. The van der Waals surface area contributed by atoms with E-state index in [9.17, 15) is 4.79 Å². The van der Waals surface area contributed by atoms with Gasteiger partial charge in [0.05, 0.1) is 0 Å². The third kappa shape index (κ3) is 3.86. The quantitative estimate of drug-likeness (QED) is 0.791. The highest BCUT2D eigenvalue weighted by atomic mass is 16.5. The fraction of sp³-hybridized carbons (Fsp3) is 0.500. The molecule has 1 aliphatic heterocycles. The Morgan fingerprint density at radius 2 is 2.18 bits per heavy atom. The van der Waals surface area contributed by atoms with Crippen molar-refractivity contribution in [3.8, 4) is 0 Å². The van der Waals surface area contributed by atoms with Crippen molar-refractivity contribution >= 4 is 6.41 Å². The molecule has 0 radical (unpaired) electrons. The highest BCUT2D eigenvalue weighted by Crippen LogP contribution is 2.23. The molecule has 0 bridgehead atoms. The van der Waals surface area contributed by atoms with Crippen molar-refractivity contribution < 1.29 is 9.53 Å². The second-order valence-electron chi connectivity index (χ2n) is 4.56. The predicted octanol–water partition coefficient (Wildman–Crippen LogP) is 2.12. The first kappa shape index (κ1) is 12.1. The van der Waals surface area contributed by atoms with Gasteiger partial charge in [-0.05, 0) is 37.2 Å². The van der Waals surface area contributed by atoms with Gasteiger partial charge >= 0.3 is 0 Å². The summed E-state index contributed by atoms with van der Waals surface area (Å²) in [7, 11) is 0. The summed E-state index contributed by atoms with van der Waals surface area (Å²) in [6.07, 6.45) is 4.96. The summed E-state index contributed by atoms with van der Waals surface area (Å²) in [5.41, 5.74) is 1.39. The average Bonchev–Trinajstić information content (AvgIpc) is 2.39. The number of hydrogen-bond donors (Lipinski definition) is 1. The number of rotatable bonds is 5. The lowest BCUT2D eigenvalue weighted by Gasteiger charge is -2.29. The second-order valence-corrected chi connectivity index (χ2v) is 4.56. The van der Waals surface area contributed by atoms with Gasteiger partial charge in [-0.15, -0.1) is 0 Å². The second kappa shape index (κ2) is 6.40. The number of benzene rings is 1. The Morgan fingerprint density at radius 1 is 1.35 bits per heavy atom. The first-order chi connectivity index (χ1) is 8.38. The van der Waals surface area contributed by atoms with E-state index in [1.807, 2.05) is 6.07 Å². The molecular weight excluding hydrogens is 214 g/mol. The van der Waals surface area contributed by atoms with E-state index >= 15 is 0 Å². The van der Waals surface area contributed by atoms with Gasteiger partial charge in [-0.3, -0.25) is 4.79 Å². The summed E-state index contributed by atoms with van der Waals surface area (Å²) in [6, 6.07) is 10.5. The zero-order valence-corrected chi connectivity index (χ0v) is 9.97. The lowest BCUT2D eigenvalue weighted by Crippen LogP contribution is -2.37. The molecular formula is C14H19NO2. The molecule has 1 amide bonds. The minimum Gasteiger partial charge on any atom is -0.359 e. The minimum atomic E-state index is -0.0815. The predicted molar refractivity (Wildman–Crippen MR) is 66.4 cm³/mol. The van der Waals surface area contributed by atoms with Crippen LogP contribution in [0.25, 0.3) is 0 Å². The minimum absolute atomic E-state index is 0.0815. The van der Waals surface area contributed by atoms with Crippen molar-refractivity contribution in [2.75, 3.05) is 6.61 Å². The third-order valence-corrected chi connectivity index (χ3v) is 3.33. The van der Waals surface area contributed by atoms with E-state index < -0.39 is 0 Å². The molecule has 3 nitrogen and oxygen atoms in total. The van der Waals surface area contributed by atoms with Gasteiger partial charge in [0.15, 0.2) is 0 Å². The van der Waals surface area contributed by atoms with Crippen LogP contribution >= 0.6 is 0 Å². The molecule has 1 N–H and O–H groups in total. The van der Waals surface area contributed by atoms with Crippen molar-refractivity contribution in [3.63, 3.8) is 0 Å². The molecule has 1 heterocycles. The lowest BCUT2D eigenvalue weighted by molar-refractivity contribution is -0.116. The molecule has 1 fully saturated rings. The van der Waals surface area contributed by atoms with Gasteiger partial charge in [0.25, 0.3) is 0 Å². The van der Waals surface area contributed by atoms with Gasteiger partial charge < -0.3 is 10.1 Å². The molecule has 17 heavy (non-hydrogen) atoms. The summed E-state index contributed by atoms with van der Waals surface area (Å²) in [6.45, 7) is 0.755. The van der Waals surface area contributed by atoms with E-state index in [-0.39, 0.29) is 6.23 Å².